The molecule has 1 spiro atoms. The van der Waals surface area contributed by atoms with Gasteiger partial charge in [0.25, 0.3) is 0 Å². The van der Waals surface area contributed by atoms with E-state index in [0.717, 1.165) is 17.1 Å². The molecule has 1 saturated carbocycles. The monoisotopic (exact) mass is 266 g/mol. The van der Waals surface area contributed by atoms with Crippen LogP contribution in [0.15, 0.2) is 48.4 Å². The number of nitrogens with zero attached hydrogens (tertiary/aromatic N) is 1. The molecule has 1 aromatic rings. The predicted octanol–water partition coefficient (Wildman–Crippen LogP) is 3.39. The van der Waals surface area contributed by atoms with Crippen LogP contribution >= 0.6 is 0 Å². The van der Waals surface area contributed by atoms with Gasteiger partial charge in [0.15, 0.2) is 0 Å². The van der Waals surface area contributed by atoms with E-state index in [4.69, 9.17) is 10.5 Å². The predicted molar refractivity (Wildman–Crippen MR) is 79.0 cm³/mol. The van der Waals surface area contributed by atoms with Crippen LogP contribution in [0, 0.1) is 24.2 Å². The molecule has 0 radical (unpaired) electrons. The number of hydrogen-bond acceptors (Lipinski definition) is 3. The second-order valence-corrected chi connectivity index (χ2v) is 6.10. The average Bonchev–Trinajstić information content (AvgIpc) is 2.95. The number of allylic oxidation sites excluding steroid dienone is 5. The first-order valence-corrected chi connectivity index (χ1v) is 7.16. The van der Waals surface area contributed by atoms with Crippen LogP contribution in [0.5, 0.6) is 5.75 Å². The van der Waals surface area contributed by atoms with E-state index in [-0.39, 0.29) is 5.41 Å². The molecule has 0 saturated heterocycles. The first kappa shape index (κ1) is 11.8. The van der Waals surface area contributed by atoms with E-state index in [1.165, 1.54) is 12.8 Å². The van der Waals surface area contributed by atoms with Gasteiger partial charge >= 0.3 is 0 Å². The molecule has 3 aliphatic rings. The molecule has 3 unspecified atom stereocenters. The first-order chi connectivity index (χ1) is 9.67. The summed E-state index contributed by atoms with van der Waals surface area (Å²) in [7, 11) is 0. The summed E-state index contributed by atoms with van der Waals surface area (Å²) in [6.07, 6.45) is 15.4. The van der Waals surface area contributed by atoms with Crippen LogP contribution in [-0.2, 0) is 0 Å². The second-order valence-electron chi connectivity index (χ2n) is 6.10. The molecule has 3 atom stereocenters. The number of fused-ring (bicyclic) bond motifs is 1. The summed E-state index contributed by atoms with van der Waals surface area (Å²) in [5, 5.41) is 0. The fourth-order valence-corrected chi connectivity index (χ4v) is 3.85. The molecule has 3 nitrogen and oxygen atoms in total. The minimum absolute atomic E-state index is 0.0766. The quantitative estimate of drug-likeness (QED) is 0.892. The Balaban J connectivity index is 1.68. The molecule has 0 aliphatic heterocycles. The van der Waals surface area contributed by atoms with Crippen LogP contribution in [0.4, 0.5) is 5.82 Å². The third-order valence-electron chi connectivity index (χ3n) is 4.82. The third kappa shape index (κ3) is 1.56. The Morgan fingerprint density at radius 1 is 1.40 bits per heavy atom. The Morgan fingerprint density at radius 3 is 3.15 bits per heavy atom. The van der Waals surface area contributed by atoms with Gasteiger partial charge in [-0.2, -0.15) is 0 Å². The number of aryl methyl sites for hydroxylation is 1. The summed E-state index contributed by atoms with van der Waals surface area (Å²) in [5.74, 6) is 3.67. The Labute approximate surface area is 118 Å². The van der Waals surface area contributed by atoms with Gasteiger partial charge in [-0.05, 0) is 49.3 Å². The molecule has 1 fully saturated rings. The number of ether oxygens (including phenoxy) is 1. The zero-order valence-electron chi connectivity index (χ0n) is 11.5. The fraction of sp³-hybridized carbons (Fsp3) is 0.353. The number of nitrogens with two attached hydrogens (primary N) is 1. The van der Waals surface area contributed by atoms with Gasteiger partial charge in [-0.1, -0.05) is 24.3 Å². The molecule has 2 N–H and O–H groups in total. The van der Waals surface area contributed by atoms with Gasteiger partial charge in [0.05, 0.1) is 11.6 Å². The number of nitrogen functional groups attached to an aromatic ring is 1. The van der Waals surface area contributed by atoms with Crippen LogP contribution in [0.2, 0.25) is 0 Å². The standard InChI is InChI=1S/C17H18N2O/c1-11-6-16(18)19-10-14(11)20-15-8-12-7-13-4-2-3-5-17(13,15)9-12/h2-6,8,10,12-13H,7,9H2,1H3,(H2,18,19). The largest absolute Gasteiger partial charge is 0.459 e. The van der Waals surface area contributed by atoms with E-state index >= 15 is 0 Å². The van der Waals surface area contributed by atoms with Gasteiger partial charge in [-0.15, -0.1) is 0 Å². The van der Waals surface area contributed by atoms with Gasteiger partial charge in [0, 0.05) is 0 Å². The molecule has 20 heavy (non-hydrogen) atoms. The molecule has 0 aromatic carbocycles. The minimum atomic E-state index is 0.0766. The maximum atomic E-state index is 6.21. The van der Waals surface area contributed by atoms with Crippen LogP contribution in [0.3, 0.4) is 0 Å². The number of aromatic nitrogens is 1. The Morgan fingerprint density at radius 2 is 2.30 bits per heavy atom. The van der Waals surface area contributed by atoms with Crippen molar-refractivity contribution in [1.29, 1.82) is 0 Å². The smallest absolute Gasteiger partial charge is 0.148 e. The number of hydrogen-bond donors (Lipinski definition) is 1. The SMILES string of the molecule is Cc1cc(N)ncc1OC1=CC2CC3C=CC=CC13C2. The lowest BCUT2D eigenvalue weighted by atomic mass is 9.74. The van der Waals surface area contributed by atoms with Crippen LogP contribution in [0.1, 0.15) is 18.4 Å². The van der Waals surface area contributed by atoms with Crippen molar-refractivity contribution in [2.24, 2.45) is 17.3 Å². The molecule has 2 bridgehead atoms. The van der Waals surface area contributed by atoms with Gasteiger partial charge in [0.2, 0.25) is 0 Å². The van der Waals surface area contributed by atoms with Crippen molar-refractivity contribution in [2.75, 3.05) is 5.73 Å². The fourth-order valence-electron chi connectivity index (χ4n) is 3.85. The molecule has 0 amide bonds. The molecule has 4 rings (SSSR count). The van der Waals surface area contributed by atoms with Crippen molar-refractivity contribution < 1.29 is 4.74 Å². The van der Waals surface area contributed by atoms with Crippen molar-refractivity contribution in [2.45, 2.75) is 19.8 Å². The highest BCUT2D eigenvalue weighted by atomic mass is 16.5. The molecule has 3 heteroatoms. The molecular weight excluding hydrogens is 248 g/mol. The summed E-state index contributed by atoms with van der Waals surface area (Å²) >= 11 is 0. The second kappa shape index (κ2) is 3.98. The lowest BCUT2D eigenvalue weighted by Crippen LogP contribution is -2.28. The van der Waals surface area contributed by atoms with E-state index in [1.54, 1.807) is 6.20 Å². The highest BCUT2D eigenvalue weighted by molar-refractivity contribution is 5.43. The number of anilines is 1. The Hall–Kier alpha value is -2.03. The van der Waals surface area contributed by atoms with E-state index < -0.39 is 0 Å². The summed E-state index contributed by atoms with van der Waals surface area (Å²) < 4.78 is 6.21. The van der Waals surface area contributed by atoms with Gasteiger partial charge in [-0.3, -0.25) is 0 Å². The van der Waals surface area contributed by atoms with Gasteiger partial charge in [0.1, 0.15) is 17.3 Å². The molecule has 3 aliphatic carbocycles. The van der Waals surface area contributed by atoms with Crippen LogP contribution in [-0.4, -0.2) is 4.98 Å². The minimum Gasteiger partial charge on any atom is -0.459 e. The van der Waals surface area contributed by atoms with Crippen LogP contribution < -0.4 is 10.5 Å². The first-order valence-electron chi connectivity index (χ1n) is 7.16. The molecule has 1 aromatic heterocycles. The molecular formula is C17H18N2O. The van der Waals surface area contributed by atoms with Crippen LogP contribution in [0.25, 0.3) is 0 Å². The zero-order chi connectivity index (χ0) is 13.7. The Kier molecular flexibility index (Phi) is 2.34. The van der Waals surface area contributed by atoms with Crippen molar-refractivity contribution in [3.63, 3.8) is 0 Å². The van der Waals surface area contributed by atoms with E-state index in [9.17, 15) is 0 Å². The third-order valence-corrected chi connectivity index (χ3v) is 4.82. The van der Waals surface area contributed by atoms with Crippen molar-refractivity contribution in [3.05, 3.63) is 54.0 Å². The number of rotatable bonds is 2. The zero-order valence-corrected chi connectivity index (χ0v) is 11.5. The highest BCUT2D eigenvalue weighted by Gasteiger charge is 2.53. The summed E-state index contributed by atoms with van der Waals surface area (Å²) in [5.41, 5.74) is 6.81. The topological polar surface area (TPSA) is 48.1 Å². The number of pyridine rings is 1. The normalized spacial score (nSPS) is 33.1. The average molecular weight is 266 g/mol. The maximum Gasteiger partial charge on any atom is 0.148 e. The maximum absolute atomic E-state index is 6.21. The van der Waals surface area contributed by atoms with E-state index in [0.29, 0.717) is 17.7 Å². The van der Waals surface area contributed by atoms with Crippen molar-refractivity contribution >= 4 is 5.82 Å². The summed E-state index contributed by atoms with van der Waals surface area (Å²) in [6.45, 7) is 2.01. The summed E-state index contributed by atoms with van der Waals surface area (Å²) in [4.78, 5) is 4.14. The van der Waals surface area contributed by atoms with Crippen molar-refractivity contribution in [1.82, 2.24) is 4.98 Å². The molecule has 1 heterocycles. The van der Waals surface area contributed by atoms with Crippen molar-refractivity contribution in [3.8, 4) is 5.75 Å². The van der Waals surface area contributed by atoms with E-state index in [1.807, 2.05) is 13.0 Å². The molecule has 102 valence electrons. The Bertz CT molecular complexity index is 659. The summed E-state index contributed by atoms with van der Waals surface area (Å²) in [6, 6.07) is 1.86. The highest BCUT2D eigenvalue weighted by Crippen LogP contribution is 2.59. The van der Waals surface area contributed by atoms with Gasteiger partial charge in [-0.25, -0.2) is 4.98 Å². The van der Waals surface area contributed by atoms with Gasteiger partial charge < -0.3 is 10.5 Å². The lowest BCUT2D eigenvalue weighted by molar-refractivity contribution is 0.256. The lowest BCUT2D eigenvalue weighted by Gasteiger charge is -2.34. The van der Waals surface area contributed by atoms with E-state index in [2.05, 4.69) is 35.4 Å².